The Labute approximate surface area is 87.4 Å². The number of rotatable bonds is 2. The van der Waals surface area contributed by atoms with E-state index in [0.29, 0.717) is 0 Å². The summed E-state index contributed by atoms with van der Waals surface area (Å²) in [5, 5.41) is 9.42. The fraction of sp³-hybridized carbons (Fsp3) is 0.222. The Kier molecular flexibility index (Phi) is 2.72. The number of anilines is 1. The molecule has 0 fully saturated rings. The van der Waals surface area contributed by atoms with E-state index < -0.39 is 15.6 Å². The quantitative estimate of drug-likeness (QED) is 0.439. The second-order valence-corrected chi connectivity index (χ2v) is 5.25. The first-order chi connectivity index (χ1) is 6.73. The summed E-state index contributed by atoms with van der Waals surface area (Å²) in [5.74, 6) is -0.820. The maximum Gasteiger partial charge on any atom is 0.175 e. The molecule has 0 saturated carbocycles. The Balaban J connectivity index is 3.57. The maximum absolute atomic E-state index is 11.2. The van der Waals surface area contributed by atoms with Crippen molar-refractivity contribution in [1.29, 1.82) is 0 Å². The number of carbonyl (C=O) groups excluding carboxylic acids is 1. The third-order valence-corrected chi connectivity index (χ3v) is 3.01. The molecule has 0 amide bonds. The molecule has 0 spiro atoms. The van der Waals surface area contributed by atoms with Crippen LogP contribution in [0.4, 0.5) is 5.69 Å². The van der Waals surface area contributed by atoms with Gasteiger partial charge < -0.3 is 10.8 Å². The van der Waals surface area contributed by atoms with Crippen LogP contribution in [0.15, 0.2) is 17.0 Å². The van der Waals surface area contributed by atoms with Gasteiger partial charge in [-0.15, -0.1) is 0 Å². The van der Waals surface area contributed by atoms with Gasteiger partial charge in [0.15, 0.2) is 15.6 Å². The van der Waals surface area contributed by atoms with Gasteiger partial charge in [0.1, 0.15) is 5.75 Å². The van der Waals surface area contributed by atoms with Gasteiger partial charge in [0.05, 0.1) is 16.1 Å². The number of benzene rings is 1. The molecule has 3 N–H and O–H groups in total. The molecule has 0 aliphatic rings. The topological polar surface area (TPSA) is 97.5 Å². The average molecular weight is 229 g/mol. The number of phenolic OH excluding ortho intramolecular Hbond substituents is 1. The van der Waals surface area contributed by atoms with Crippen molar-refractivity contribution < 1.29 is 18.3 Å². The van der Waals surface area contributed by atoms with Gasteiger partial charge in [-0.2, -0.15) is 0 Å². The summed E-state index contributed by atoms with van der Waals surface area (Å²) in [6.45, 7) is 1.22. The van der Waals surface area contributed by atoms with Crippen LogP contribution in [0.2, 0.25) is 0 Å². The fourth-order valence-corrected chi connectivity index (χ4v) is 1.78. The number of sulfone groups is 1. The van der Waals surface area contributed by atoms with E-state index in [1.165, 1.54) is 6.92 Å². The van der Waals surface area contributed by atoms with Crippen molar-refractivity contribution >= 4 is 21.3 Å². The van der Waals surface area contributed by atoms with Gasteiger partial charge in [0.2, 0.25) is 0 Å². The van der Waals surface area contributed by atoms with Gasteiger partial charge in [-0.05, 0) is 19.1 Å². The summed E-state index contributed by atoms with van der Waals surface area (Å²) in [4.78, 5) is 11.0. The highest BCUT2D eigenvalue weighted by atomic mass is 32.2. The smallest absolute Gasteiger partial charge is 0.175 e. The van der Waals surface area contributed by atoms with Crippen LogP contribution in [-0.4, -0.2) is 25.6 Å². The molecular weight excluding hydrogens is 218 g/mol. The molecule has 0 saturated heterocycles. The minimum Gasteiger partial charge on any atom is -0.505 e. The zero-order valence-electron chi connectivity index (χ0n) is 8.31. The second-order valence-electron chi connectivity index (χ2n) is 3.24. The standard InChI is InChI=1S/C9H11NO4S/c1-5(11)7-3-6(15(2,13)14)4-8(10)9(7)12/h3-4,12H,10H2,1-2H3. The van der Waals surface area contributed by atoms with Crippen LogP contribution < -0.4 is 5.73 Å². The molecule has 0 heterocycles. The molecule has 0 atom stereocenters. The molecule has 6 heteroatoms. The predicted octanol–water partition coefficient (Wildman–Crippen LogP) is 0.581. The van der Waals surface area contributed by atoms with Crippen molar-refractivity contribution in [2.24, 2.45) is 0 Å². The van der Waals surface area contributed by atoms with Crippen molar-refractivity contribution in [2.45, 2.75) is 11.8 Å². The number of Topliss-reactive ketones (excluding diaryl/α,β-unsaturated/α-hetero) is 1. The summed E-state index contributed by atoms with van der Waals surface area (Å²) in [6.07, 6.45) is 1.00. The maximum atomic E-state index is 11.2. The van der Waals surface area contributed by atoms with Crippen LogP contribution in [0.1, 0.15) is 17.3 Å². The first-order valence-corrected chi connectivity index (χ1v) is 5.96. The van der Waals surface area contributed by atoms with Crippen molar-refractivity contribution in [3.63, 3.8) is 0 Å². The van der Waals surface area contributed by atoms with E-state index in [-0.39, 0.29) is 21.9 Å². The highest BCUT2D eigenvalue weighted by molar-refractivity contribution is 7.90. The number of hydrogen-bond donors (Lipinski definition) is 2. The lowest BCUT2D eigenvalue weighted by Crippen LogP contribution is -2.03. The molecule has 0 bridgehead atoms. The summed E-state index contributed by atoms with van der Waals surface area (Å²) < 4.78 is 22.4. The van der Waals surface area contributed by atoms with E-state index >= 15 is 0 Å². The van der Waals surface area contributed by atoms with E-state index in [4.69, 9.17) is 5.73 Å². The van der Waals surface area contributed by atoms with Crippen LogP contribution in [0.25, 0.3) is 0 Å². The van der Waals surface area contributed by atoms with Gasteiger partial charge in [-0.1, -0.05) is 0 Å². The summed E-state index contributed by atoms with van der Waals surface area (Å²) in [5.41, 5.74) is 5.18. The van der Waals surface area contributed by atoms with Gasteiger partial charge in [-0.3, -0.25) is 4.79 Å². The second kappa shape index (κ2) is 3.54. The molecule has 1 rings (SSSR count). The molecule has 5 nitrogen and oxygen atoms in total. The number of phenols is 1. The van der Waals surface area contributed by atoms with Crippen molar-refractivity contribution in [1.82, 2.24) is 0 Å². The zero-order valence-corrected chi connectivity index (χ0v) is 9.13. The number of nitrogen functional groups attached to an aromatic ring is 1. The molecule has 0 aromatic heterocycles. The van der Waals surface area contributed by atoms with Gasteiger partial charge >= 0.3 is 0 Å². The first kappa shape index (κ1) is 11.5. The number of ketones is 1. The summed E-state index contributed by atoms with van der Waals surface area (Å²) in [7, 11) is -3.44. The van der Waals surface area contributed by atoms with Gasteiger partial charge in [0, 0.05) is 6.26 Å². The third kappa shape index (κ3) is 2.27. The number of hydrogen-bond acceptors (Lipinski definition) is 5. The highest BCUT2D eigenvalue weighted by Crippen LogP contribution is 2.29. The zero-order chi connectivity index (χ0) is 11.8. The third-order valence-electron chi connectivity index (χ3n) is 1.92. The number of nitrogens with two attached hydrogens (primary N) is 1. The van der Waals surface area contributed by atoms with E-state index in [2.05, 4.69) is 0 Å². The Bertz CT molecular complexity index is 519. The van der Waals surface area contributed by atoms with Gasteiger partial charge in [0.25, 0.3) is 0 Å². The largest absolute Gasteiger partial charge is 0.505 e. The monoisotopic (exact) mass is 229 g/mol. The fourth-order valence-electron chi connectivity index (χ4n) is 1.11. The highest BCUT2D eigenvalue weighted by Gasteiger charge is 2.16. The molecule has 82 valence electrons. The Morgan fingerprint density at radius 2 is 1.93 bits per heavy atom. The number of aromatic hydroxyl groups is 1. The summed E-state index contributed by atoms with van der Waals surface area (Å²) in [6, 6.07) is 2.24. The molecule has 15 heavy (non-hydrogen) atoms. The van der Waals surface area contributed by atoms with Crippen LogP contribution in [-0.2, 0) is 9.84 Å². The molecular formula is C9H11NO4S. The first-order valence-electron chi connectivity index (χ1n) is 4.07. The lowest BCUT2D eigenvalue weighted by atomic mass is 10.1. The van der Waals surface area contributed by atoms with E-state index in [9.17, 15) is 18.3 Å². The minimum atomic E-state index is -3.44. The average Bonchev–Trinajstić information content (AvgIpc) is 2.06. The Morgan fingerprint density at radius 3 is 2.33 bits per heavy atom. The molecule has 0 aliphatic heterocycles. The minimum absolute atomic E-state index is 0.0806. The summed E-state index contributed by atoms with van der Waals surface area (Å²) >= 11 is 0. The van der Waals surface area contributed by atoms with Crippen molar-refractivity contribution in [3.05, 3.63) is 17.7 Å². The Hall–Kier alpha value is -1.56. The van der Waals surface area contributed by atoms with Crippen LogP contribution in [0.5, 0.6) is 5.75 Å². The van der Waals surface area contributed by atoms with Gasteiger partial charge in [-0.25, -0.2) is 8.42 Å². The van der Waals surface area contributed by atoms with Crippen LogP contribution in [0, 0.1) is 0 Å². The van der Waals surface area contributed by atoms with E-state index in [0.717, 1.165) is 18.4 Å². The molecule has 1 aromatic carbocycles. The lowest BCUT2D eigenvalue weighted by molar-refractivity contribution is 0.101. The van der Waals surface area contributed by atoms with E-state index in [1.54, 1.807) is 0 Å². The lowest BCUT2D eigenvalue weighted by Gasteiger charge is -2.06. The molecule has 0 unspecified atom stereocenters. The van der Waals surface area contributed by atoms with Crippen LogP contribution >= 0.6 is 0 Å². The van der Waals surface area contributed by atoms with E-state index in [1.807, 2.05) is 0 Å². The molecule has 1 aromatic rings. The predicted molar refractivity (Wildman–Crippen MR) is 55.6 cm³/mol. The van der Waals surface area contributed by atoms with Crippen molar-refractivity contribution in [2.75, 3.05) is 12.0 Å². The van der Waals surface area contributed by atoms with Crippen LogP contribution in [0.3, 0.4) is 0 Å². The SMILES string of the molecule is CC(=O)c1cc(S(C)(=O)=O)cc(N)c1O. The normalized spacial score (nSPS) is 11.3. The Morgan fingerprint density at radius 1 is 1.40 bits per heavy atom. The molecule has 0 radical (unpaired) electrons. The van der Waals surface area contributed by atoms with Crippen molar-refractivity contribution in [3.8, 4) is 5.75 Å². The number of carbonyl (C=O) groups is 1. The molecule has 0 aliphatic carbocycles.